The topological polar surface area (TPSA) is 71.1 Å². The van der Waals surface area contributed by atoms with Crippen molar-refractivity contribution in [2.24, 2.45) is 0 Å². The van der Waals surface area contributed by atoms with Crippen LogP contribution in [0.2, 0.25) is 0 Å². The highest BCUT2D eigenvalue weighted by Gasteiger charge is 2.26. The Labute approximate surface area is 132 Å². The smallest absolute Gasteiger partial charge is 0.308 e. The molecule has 0 radical (unpaired) electrons. The largest absolute Gasteiger partial charge is 0.550 e. The summed E-state index contributed by atoms with van der Waals surface area (Å²) in [6.45, 7) is 8.01. The standard InChI is InChI=1S/C15H20O6Si/c1-6-7-11-12(19-9(3)16)8(2)13(21-22)15(18-5)14(11)20-10(4)17/h6H,1,7H2,2-5,22H3. The Balaban J connectivity index is 3.77. The van der Waals surface area contributed by atoms with Gasteiger partial charge in [-0.2, -0.15) is 0 Å². The highest BCUT2D eigenvalue weighted by molar-refractivity contribution is 6.00. The van der Waals surface area contributed by atoms with Crippen LogP contribution in [0.25, 0.3) is 0 Å². The van der Waals surface area contributed by atoms with E-state index < -0.39 is 11.9 Å². The molecule has 0 saturated carbocycles. The molecule has 1 aromatic carbocycles. The maximum absolute atomic E-state index is 11.4. The molecule has 22 heavy (non-hydrogen) atoms. The van der Waals surface area contributed by atoms with Gasteiger partial charge in [-0.15, -0.1) is 6.58 Å². The normalized spacial score (nSPS) is 10.0. The molecule has 1 rings (SSSR count). The summed E-state index contributed by atoms with van der Waals surface area (Å²) >= 11 is 0. The second-order valence-corrected chi connectivity index (χ2v) is 4.92. The predicted molar refractivity (Wildman–Crippen MR) is 84.8 cm³/mol. The molecule has 0 unspecified atom stereocenters. The zero-order chi connectivity index (χ0) is 16.9. The Morgan fingerprint density at radius 2 is 1.64 bits per heavy atom. The number of rotatable bonds is 6. The van der Waals surface area contributed by atoms with Crippen molar-refractivity contribution < 1.29 is 28.2 Å². The number of ether oxygens (including phenoxy) is 3. The van der Waals surface area contributed by atoms with Gasteiger partial charge in [0.25, 0.3) is 0 Å². The van der Waals surface area contributed by atoms with Gasteiger partial charge < -0.3 is 18.6 Å². The van der Waals surface area contributed by atoms with Crippen molar-refractivity contribution in [3.63, 3.8) is 0 Å². The van der Waals surface area contributed by atoms with E-state index in [0.29, 0.717) is 45.3 Å². The lowest BCUT2D eigenvalue weighted by molar-refractivity contribution is -0.132. The minimum atomic E-state index is -0.513. The lowest BCUT2D eigenvalue weighted by Gasteiger charge is -2.21. The van der Waals surface area contributed by atoms with Gasteiger partial charge >= 0.3 is 11.9 Å². The van der Waals surface area contributed by atoms with Crippen LogP contribution in [-0.2, 0) is 16.0 Å². The van der Waals surface area contributed by atoms with E-state index in [4.69, 9.17) is 18.6 Å². The van der Waals surface area contributed by atoms with Crippen LogP contribution in [-0.4, -0.2) is 29.5 Å². The van der Waals surface area contributed by atoms with Crippen molar-refractivity contribution in [1.82, 2.24) is 0 Å². The van der Waals surface area contributed by atoms with E-state index in [-0.39, 0.29) is 5.75 Å². The Kier molecular flexibility index (Phi) is 6.18. The molecule has 0 atom stereocenters. The Morgan fingerprint density at radius 3 is 2.05 bits per heavy atom. The first-order valence-electron chi connectivity index (χ1n) is 6.62. The fourth-order valence-electron chi connectivity index (χ4n) is 2.14. The quantitative estimate of drug-likeness (QED) is 0.339. The average Bonchev–Trinajstić information content (AvgIpc) is 2.44. The van der Waals surface area contributed by atoms with E-state index in [9.17, 15) is 9.59 Å². The molecule has 0 aromatic heterocycles. The van der Waals surface area contributed by atoms with E-state index in [0.717, 1.165) is 0 Å². The summed E-state index contributed by atoms with van der Waals surface area (Å²) in [5.41, 5.74) is 1.12. The molecule has 120 valence electrons. The molecule has 0 aliphatic rings. The number of methoxy groups -OCH3 is 1. The molecule has 7 heteroatoms. The monoisotopic (exact) mass is 324 g/mol. The molecular weight excluding hydrogens is 304 g/mol. The number of carbonyl (C=O) groups is 2. The number of benzene rings is 1. The highest BCUT2D eigenvalue weighted by Crippen LogP contribution is 2.49. The maximum Gasteiger partial charge on any atom is 0.308 e. The number of hydrogen-bond donors (Lipinski definition) is 0. The summed E-state index contributed by atoms with van der Waals surface area (Å²) in [6, 6.07) is 0. The maximum atomic E-state index is 11.4. The Bertz CT molecular complexity index is 609. The Hall–Kier alpha value is -2.28. The first kappa shape index (κ1) is 17.8. The number of esters is 2. The van der Waals surface area contributed by atoms with Gasteiger partial charge in [-0.3, -0.25) is 9.59 Å². The van der Waals surface area contributed by atoms with Gasteiger partial charge in [0, 0.05) is 25.0 Å². The van der Waals surface area contributed by atoms with Crippen LogP contribution in [0.15, 0.2) is 12.7 Å². The molecule has 0 heterocycles. The molecular formula is C15H20O6Si. The summed E-state index contributed by atoms with van der Waals surface area (Å²) < 4.78 is 21.4. The first-order valence-corrected chi connectivity index (χ1v) is 7.44. The predicted octanol–water partition coefficient (Wildman–Crippen LogP) is 1.24. The number of hydrogen-bond acceptors (Lipinski definition) is 6. The number of carbonyl (C=O) groups excluding carboxylic acids is 2. The van der Waals surface area contributed by atoms with Crippen LogP contribution in [0.3, 0.4) is 0 Å². The summed E-state index contributed by atoms with van der Waals surface area (Å²) in [4.78, 5) is 22.8. The van der Waals surface area contributed by atoms with Crippen LogP contribution in [0, 0.1) is 6.92 Å². The highest BCUT2D eigenvalue weighted by atomic mass is 28.2. The van der Waals surface area contributed by atoms with Crippen molar-refractivity contribution in [3.8, 4) is 23.0 Å². The van der Waals surface area contributed by atoms with Crippen molar-refractivity contribution in [1.29, 1.82) is 0 Å². The van der Waals surface area contributed by atoms with E-state index >= 15 is 0 Å². The van der Waals surface area contributed by atoms with Crippen LogP contribution in [0.5, 0.6) is 23.0 Å². The van der Waals surface area contributed by atoms with E-state index in [1.54, 1.807) is 13.0 Å². The second-order valence-electron chi connectivity index (χ2n) is 4.51. The molecule has 0 saturated heterocycles. The molecule has 0 spiro atoms. The lowest BCUT2D eigenvalue weighted by atomic mass is 10.0. The van der Waals surface area contributed by atoms with Gasteiger partial charge in [0.15, 0.2) is 11.5 Å². The molecule has 0 fully saturated rings. The van der Waals surface area contributed by atoms with Gasteiger partial charge in [0.05, 0.1) is 7.11 Å². The van der Waals surface area contributed by atoms with Crippen molar-refractivity contribution in [3.05, 3.63) is 23.8 Å². The van der Waals surface area contributed by atoms with Gasteiger partial charge in [-0.25, -0.2) is 0 Å². The van der Waals surface area contributed by atoms with Gasteiger partial charge in [-0.1, -0.05) is 6.08 Å². The third-order valence-electron chi connectivity index (χ3n) is 2.89. The summed E-state index contributed by atoms with van der Waals surface area (Å²) in [5.74, 6) is 0.190. The van der Waals surface area contributed by atoms with Gasteiger partial charge in [-0.05, 0) is 13.3 Å². The molecule has 0 N–H and O–H groups in total. The first-order chi connectivity index (χ1) is 10.4. The van der Waals surface area contributed by atoms with Crippen LogP contribution in [0.4, 0.5) is 0 Å². The molecule has 0 aliphatic heterocycles. The minimum Gasteiger partial charge on any atom is -0.550 e. The van der Waals surface area contributed by atoms with Crippen molar-refractivity contribution in [2.45, 2.75) is 27.2 Å². The zero-order valence-corrected chi connectivity index (χ0v) is 15.4. The molecule has 6 nitrogen and oxygen atoms in total. The average molecular weight is 324 g/mol. The summed E-state index contributed by atoms with van der Waals surface area (Å²) in [6.07, 6.45) is 1.96. The van der Waals surface area contributed by atoms with Crippen LogP contribution >= 0.6 is 0 Å². The molecule has 0 aliphatic carbocycles. The number of allylic oxidation sites excluding steroid dienone is 1. The second kappa shape index (κ2) is 7.65. The summed E-state index contributed by atoms with van der Waals surface area (Å²) in [7, 11) is 1.84. The lowest BCUT2D eigenvalue weighted by Crippen LogP contribution is -2.12. The third kappa shape index (κ3) is 3.67. The van der Waals surface area contributed by atoms with Crippen molar-refractivity contribution in [2.75, 3.05) is 7.11 Å². The van der Waals surface area contributed by atoms with Crippen LogP contribution < -0.4 is 18.6 Å². The Morgan fingerprint density at radius 1 is 1.09 bits per heavy atom. The third-order valence-corrected chi connectivity index (χ3v) is 3.30. The molecule has 0 bridgehead atoms. The zero-order valence-electron chi connectivity index (χ0n) is 13.4. The van der Waals surface area contributed by atoms with Gasteiger partial charge in [0.2, 0.25) is 16.2 Å². The van der Waals surface area contributed by atoms with E-state index in [1.165, 1.54) is 21.0 Å². The molecule has 0 amide bonds. The van der Waals surface area contributed by atoms with E-state index in [1.807, 2.05) is 0 Å². The fourth-order valence-corrected chi connectivity index (χ4v) is 2.63. The van der Waals surface area contributed by atoms with Gasteiger partial charge in [0.1, 0.15) is 5.75 Å². The van der Waals surface area contributed by atoms with Crippen molar-refractivity contribution >= 4 is 22.4 Å². The minimum absolute atomic E-state index is 0.183. The SMILES string of the molecule is C=CCc1c(OC(C)=O)c(C)c(O[SiH3])c(OC)c1OC(C)=O. The van der Waals surface area contributed by atoms with E-state index in [2.05, 4.69) is 6.58 Å². The summed E-state index contributed by atoms with van der Waals surface area (Å²) in [5, 5.41) is 0. The fraction of sp³-hybridized carbons (Fsp3) is 0.333. The van der Waals surface area contributed by atoms with Crippen LogP contribution in [0.1, 0.15) is 25.0 Å². The molecule has 1 aromatic rings.